The third-order valence-electron chi connectivity index (χ3n) is 9.57. The molecule has 0 unspecified atom stereocenters. The lowest BCUT2D eigenvalue weighted by molar-refractivity contribution is 1.18. The molecule has 0 bridgehead atoms. The molecule has 0 aliphatic carbocycles. The molecule has 2 aromatic heterocycles. The largest absolute Gasteiger partial charge is 0.318 e. The molecule has 0 saturated carbocycles. The third kappa shape index (κ3) is 4.31. The second-order valence-electron chi connectivity index (χ2n) is 12.2. The van der Waals surface area contributed by atoms with Gasteiger partial charge in [0.15, 0.2) is 11.4 Å². The standard InChI is InChI=1S/C45H25N5/c1-46-32-25-26-42-37(28-32)44-38(47-2)16-10-20-43(44)49(42)33-12-8-11-31(27-33)29-21-23-30(24-22-29)34-15-9-17-39(48-3)45(34)50-40-18-6-4-13-35(40)36-14-5-7-19-41(36)50/h4-28H. The number of para-hydroxylation sites is 3. The number of benzene rings is 7. The summed E-state index contributed by atoms with van der Waals surface area (Å²) in [5.41, 5.74) is 11.7. The van der Waals surface area contributed by atoms with E-state index in [1.165, 1.54) is 0 Å². The maximum Gasteiger partial charge on any atom is 0.211 e. The van der Waals surface area contributed by atoms with E-state index >= 15 is 0 Å². The van der Waals surface area contributed by atoms with Crippen LogP contribution in [-0.4, -0.2) is 9.13 Å². The highest BCUT2D eigenvalue weighted by molar-refractivity contribution is 6.16. The molecule has 0 amide bonds. The zero-order valence-electron chi connectivity index (χ0n) is 26.7. The molecule has 0 saturated heterocycles. The van der Waals surface area contributed by atoms with Crippen LogP contribution in [-0.2, 0) is 0 Å². The predicted octanol–water partition coefficient (Wildman–Crippen LogP) is 12.9. The molecular weight excluding hydrogens is 611 g/mol. The van der Waals surface area contributed by atoms with Gasteiger partial charge in [-0.2, -0.15) is 0 Å². The Kier molecular flexibility index (Phi) is 6.56. The topological polar surface area (TPSA) is 22.9 Å². The minimum absolute atomic E-state index is 0.549. The van der Waals surface area contributed by atoms with Crippen LogP contribution in [0.3, 0.4) is 0 Å². The molecule has 0 atom stereocenters. The average Bonchev–Trinajstić information content (AvgIpc) is 3.70. The lowest BCUT2D eigenvalue weighted by Crippen LogP contribution is -1.97. The Balaban J connectivity index is 1.18. The van der Waals surface area contributed by atoms with Crippen molar-refractivity contribution in [1.29, 1.82) is 0 Å². The van der Waals surface area contributed by atoms with Crippen LogP contribution >= 0.6 is 0 Å². The molecule has 9 aromatic rings. The minimum atomic E-state index is 0.549. The highest BCUT2D eigenvalue weighted by Crippen LogP contribution is 2.42. The number of hydrogen-bond donors (Lipinski definition) is 0. The van der Waals surface area contributed by atoms with Gasteiger partial charge in [-0.3, -0.25) is 0 Å². The van der Waals surface area contributed by atoms with E-state index in [1.54, 1.807) is 0 Å². The number of fused-ring (bicyclic) bond motifs is 6. The van der Waals surface area contributed by atoms with E-state index < -0.39 is 0 Å². The minimum Gasteiger partial charge on any atom is -0.318 e. The Morgan fingerprint density at radius 2 is 1.02 bits per heavy atom. The number of rotatable bonds is 4. The molecular formula is C45H25N5. The first kappa shape index (κ1) is 28.8. The molecule has 5 nitrogen and oxygen atoms in total. The summed E-state index contributed by atoms with van der Waals surface area (Å²) < 4.78 is 4.41. The summed E-state index contributed by atoms with van der Waals surface area (Å²) in [7, 11) is 0. The quantitative estimate of drug-likeness (QED) is 0.172. The van der Waals surface area contributed by atoms with E-state index in [0.29, 0.717) is 17.1 Å². The molecule has 0 radical (unpaired) electrons. The van der Waals surface area contributed by atoms with Crippen molar-refractivity contribution in [3.05, 3.63) is 186 Å². The zero-order chi connectivity index (χ0) is 33.8. The van der Waals surface area contributed by atoms with Crippen molar-refractivity contribution in [3.8, 4) is 33.6 Å². The summed E-state index contributed by atoms with van der Waals surface area (Å²) in [5.74, 6) is 0. The normalized spacial score (nSPS) is 11.1. The molecule has 5 heteroatoms. The first-order valence-electron chi connectivity index (χ1n) is 16.2. The van der Waals surface area contributed by atoms with Gasteiger partial charge in [0.1, 0.15) is 0 Å². The summed E-state index contributed by atoms with van der Waals surface area (Å²) in [6, 6.07) is 51.2. The van der Waals surface area contributed by atoms with Crippen molar-refractivity contribution < 1.29 is 0 Å². The Bertz CT molecular complexity index is 2900. The second-order valence-corrected chi connectivity index (χ2v) is 12.2. The second kappa shape index (κ2) is 11.4. The van der Waals surface area contributed by atoms with E-state index in [4.69, 9.17) is 19.7 Å². The zero-order valence-corrected chi connectivity index (χ0v) is 26.7. The highest BCUT2D eigenvalue weighted by Gasteiger charge is 2.19. The molecule has 0 aliphatic rings. The fraction of sp³-hybridized carbons (Fsp3) is 0. The summed E-state index contributed by atoms with van der Waals surface area (Å²) in [6.45, 7) is 23.5. The first-order chi connectivity index (χ1) is 24.7. The molecule has 0 spiro atoms. The molecule has 0 aliphatic heterocycles. The monoisotopic (exact) mass is 635 g/mol. The molecule has 50 heavy (non-hydrogen) atoms. The maximum absolute atomic E-state index is 8.11. The van der Waals surface area contributed by atoms with Crippen LogP contribution in [0.15, 0.2) is 152 Å². The van der Waals surface area contributed by atoms with Gasteiger partial charge in [-0.25, -0.2) is 14.5 Å². The van der Waals surface area contributed by atoms with Crippen LogP contribution in [0.4, 0.5) is 17.1 Å². The SMILES string of the molecule is [C-]#[N+]c1ccc2c(c1)c1c([N+]#[C-])cccc1n2-c1cccc(-c2ccc(-c3cccc([N+]#[C-])c3-n3c4ccccc4c4ccccc43)cc2)c1. The van der Waals surface area contributed by atoms with Crippen molar-refractivity contribution in [3.63, 3.8) is 0 Å². The molecule has 0 fully saturated rings. The Morgan fingerprint density at radius 3 is 1.74 bits per heavy atom. The fourth-order valence-electron chi connectivity index (χ4n) is 7.40. The summed E-state index contributed by atoms with van der Waals surface area (Å²) >= 11 is 0. The van der Waals surface area contributed by atoms with Crippen LogP contribution < -0.4 is 0 Å². The first-order valence-corrected chi connectivity index (χ1v) is 16.2. The third-order valence-corrected chi connectivity index (χ3v) is 9.57. The van der Waals surface area contributed by atoms with Crippen molar-refractivity contribution in [2.24, 2.45) is 0 Å². The number of nitrogens with zero attached hydrogens (tertiary/aromatic N) is 5. The summed E-state index contributed by atoms with van der Waals surface area (Å²) in [6.07, 6.45) is 0. The summed E-state index contributed by atoms with van der Waals surface area (Å²) in [5, 5.41) is 4.07. The van der Waals surface area contributed by atoms with Gasteiger partial charge in [-0.15, -0.1) is 0 Å². The van der Waals surface area contributed by atoms with Gasteiger partial charge in [-0.05, 0) is 70.1 Å². The van der Waals surface area contributed by atoms with E-state index in [0.717, 1.165) is 77.2 Å². The number of aromatic nitrogens is 2. The van der Waals surface area contributed by atoms with Crippen LogP contribution in [0, 0.1) is 19.7 Å². The van der Waals surface area contributed by atoms with Gasteiger partial charge >= 0.3 is 0 Å². The van der Waals surface area contributed by atoms with Crippen molar-refractivity contribution in [2.45, 2.75) is 0 Å². The van der Waals surface area contributed by atoms with E-state index in [9.17, 15) is 0 Å². The average molecular weight is 636 g/mol. The van der Waals surface area contributed by atoms with E-state index in [1.807, 2.05) is 48.5 Å². The van der Waals surface area contributed by atoms with Crippen LogP contribution in [0.1, 0.15) is 0 Å². The van der Waals surface area contributed by atoms with Crippen molar-refractivity contribution in [1.82, 2.24) is 9.13 Å². The van der Waals surface area contributed by atoms with Gasteiger partial charge < -0.3 is 9.13 Å². The fourth-order valence-corrected chi connectivity index (χ4v) is 7.40. The van der Waals surface area contributed by atoms with E-state index in [2.05, 4.69) is 127 Å². The number of hydrogen-bond acceptors (Lipinski definition) is 0. The van der Waals surface area contributed by atoms with E-state index in [-0.39, 0.29) is 0 Å². The van der Waals surface area contributed by atoms with Gasteiger partial charge in [0, 0.05) is 27.4 Å². The lowest BCUT2D eigenvalue weighted by atomic mass is 9.98. The van der Waals surface area contributed by atoms with Gasteiger partial charge in [0.2, 0.25) is 5.69 Å². The molecule has 7 aromatic carbocycles. The lowest BCUT2D eigenvalue weighted by Gasteiger charge is -2.16. The molecule has 0 N–H and O–H groups in total. The van der Waals surface area contributed by atoms with Crippen molar-refractivity contribution >= 4 is 60.7 Å². The maximum atomic E-state index is 8.11. The molecule has 9 rings (SSSR count). The van der Waals surface area contributed by atoms with Gasteiger partial charge in [-0.1, -0.05) is 109 Å². The van der Waals surface area contributed by atoms with Crippen LogP contribution in [0.5, 0.6) is 0 Å². The Labute approximate surface area is 288 Å². The summed E-state index contributed by atoms with van der Waals surface area (Å²) in [4.78, 5) is 11.5. The molecule has 2 heterocycles. The Hall–Kier alpha value is -7.39. The molecule has 230 valence electrons. The predicted molar refractivity (Wildman–Crippen MR) is 205 cm³/mol. The van der Waals surface area contributed by atoms with Crippen molar-refractivity contribution in [2.75, 3.05) is 0 Å². The smallest absolute Gasteiger partial charge is 0.211 e. The van der Waals surface area contributed by atoms with Crippen LogP contribution in [0.25, 0.3) is 91.8 Å². The van der Waals surface area contributed by atoms with Gasteiger partial charge in [0.25, 0.3) is 0 Å². The Morgan fingerprint density at radius 1 is 0.400 bits per heavy atom. The van der Waals surface area contributed by atoms with Crippen LogP contribution in [0.2, 0.25) is 0 Å². The highest BCUT2D eigenvalue weighted by atomic mass is 15.0. The van der Waals surface area contributed by atoms with Gasteiger partial charge in [0.05, 0.1) is 42.0 Å².